The second kappa shape index (κ2) is 5.18. The quantitative estimate of drug-likeness (QED) is 0.719. The normalized spacial score (nSPS) is 9.86. The fraction of sp³-hybridized carbons (Fsp3) is 0.182. The van der Waals surface area contributed by atoms with E-state index in [0.717, 1.165) is 0 Å². The van der Waals surface area contributed by atoms with Gasteiger partial charge in [-0.2, -0.15) is 0 Å². The number of carbonyl (C=O) groups is 1. The van der Waals surface area contributed by atoms with E-state index in [1.54, 1.807) is 24.3 Å². The zero-order chi connectivity index (χ0) is 10.6. The van der Waals surface area contributed by atoms with Crippen molar-refractivity contribution in [1.82, 2.24) is 0 Å². The number of Topliss-reactive ketones (excluding diaryl/α,β-unsaturated/α-hetero) is 1. The molecule has 0 saturated carbocycles. The molecule has 1 rings (SSSR count). The Hall–Kier alpha value is -0.790. The molecule has 0 radical (unpaired) electrons. The first kappa shape index (κ1) is 11.3. The minimum Gasteiger partial charge on any atom is -0.299 e. The average Bonchev–Trinajstić information content (AvgIpc) is 2.12. The van der Waals surface area contributed by atoms with Crippen molar-refractivity contribution in [3.63, 3.8) is 0 Å². The summed E-state index contributed by atoms with van der Waals surface area (Å²) in [5, 5.41) is 1.07. The summed E-state index contributed by atoms with van der Waals surface area (Å²) in [6.07, 6.45) is 2.19. The molecule has 1 nitrogen and oxygen atoms in total. The van der Waals surface area contributed by atoms with Crippen LogP contribution in [0.25, 0.3) is 0 Å². The van der Waals surface area contributed by atoms with Gasteiger partial charge in [-0.15, -0.1) is 6.58 Å². The van der Waals surface area contributed by atoms with Crippen LogP contribution in [0.15, 0.2) is 30.9 Å². The molecule has 0 aliphatic rings. The van der Waals surface area contributed by atoms with Gasteiger partial charge in [-0.25, -0.2) is 0 Å². The van der Waals surface area contributed by atoms with Crippen LogP contribution in [0.3, 0.4) is 0 Å². The number of benzene rings is 1. The molecule has 0 aliphatic heterocycles. The minimum atomic E-state index is 0.0648. The van der Waals surface area contributed by atoms with Gasteiger partial charge in [-0.3, -0.25) is 4.79 Å². The van der Waals surface area contributed by atoms with E-state index >= 15 is 0 Å². The van der Waals surface area contributed by atoms with Crippen molar-refractivity contribution in [2.24, 2.45) is 0 Å². The maximum Gasteiger partial charge on any atom is 0.141 e. The molecule has 0 unspecified atom stereocenters. The van der Waals surface area contributed by atoms with Crippen LogP contribution in [0.2, 0.25) is 10.0 Å². The van der Waals surface area contributed by atoms with E-state index in [2.05, 4.69) is 6.58 Å². The summed E-state index contributed by atoms with van der Waals surface area (Å²) in [5.74, 6) is 0.0648. The highest BCUT2D eigenvalue weighted by Crippen LogP contribution is 2.24. The monoisotopic (exact) mass is 228 g/mol. The fourth-order valence-electron chi connectivity index (χ4n) is 1.13. The summed E-state index contributed by atoms with van der Waals surface area (Å²) in [6.45, 7) is 3.50. The van der Waals surface area contributed by atoms with Crippen LogP contribution in [-0.2, 0) is 11.2 Å². The number of rotatable bonds is 4. The van der Waals surface area contributed by atoms with Crippen LogP contribution in [0.1, 0.15) is 12.0 Å². The highest BCUT2D eigenvalue weighted by atomic mass is 35.5. The van der Waals surface area contributed by atoms with Crippen LogP contribution in [0, 0.1) is 0 Å². The first-order chi connectivity index (χ1) is 6.65. The van der Waals surface area contributed by atoms with Gasteiger partial charge in [-0.05, 0) is 17.7 Å². The molecular weight excluding hydrogens is 219 g/mol. The van der Waals surface area contributed by atoms with Crippen molar-refractivity contribution in [1.29, 1.82) is 0 Å². The molecule has 0 aromatic heterocycles. The lowest BCUT2D eigenvalue weighted by atomic mass is 10.1. The molecule has 1 aromatic carbocycles. The van der Waals surface area contributed by atoms with Crippen LogP contribution in [0.4, 0.5) is 0 Å². The molecule has 0 amide bonds. The molecule has 74 valence electrons. The van der Waals surface area contributed by atoms with E-state index in [0.29, 0.717) is 22.0 Å². The zero-order valence-electron chi connectivity index (χ0n) is 7.59. The number of hydrogen-bond acceptors (Lipinski definition) is 1. The highest BCUT2D eigenvalue weighted by molar-refractivity contribution is 6.36. The molecule has 14 heavy (non-hydrogen) atoms. The Morgan fingerprint density at radius 3 is 2.43 bits per heavy atom. The van der Waals surface area contributed by atoms with E-state index in [1.807, 2.05) is 0 Å². The van der Waals surface area contributed by atoms with Crippen molar-refractivity contribution >= 4 is 29.0 Å². The predicted molar refractivity (Wildman–Crippen MR) is 60.0 cm³/mol. The van der Waals surface area contributed by atoms with Gasteiger partial charge < -0.3 is 0 Å². The second-order valence-electron chi connectivity index (χ2n) is 2.91. The third-order valence-electron chi connectivity index (χ3n) is 1.81. The Morgan fingerprint density at radius 1 is 1.36 bits per heavy atom. The van der Waals surface area contributed by atoms with E-state index in [1.165, 1.54) is 0 Å². The molecule has 3 heteroatoms. The number of carbonyl (C=O) groups excluding carboxylic acids is 1. The smallest absolute Gasteiger partial charge is 0.141 e. The number of allylic oxidation sites excluding steroid dienone is 1. The minimum absolute atomic E-state index is 0.0648. The summed E-state index contributed by atoms with van der Waals surface area (Å²) >= 11 is 11.8. The fourth-order valence-corrected chi connectivity index (χ4v) is 1.66. The maximum atomic E-state index is 11.3. The molecular formula is C11H10Cl2O. The van der Waals surface area contributed by atoms with Gasteiger partial charge in [0.2, 0.25) is 0 Å². The summed E-state index contributed by atoms with van der Waals surface area (Å²) in [5.41, 5.74) is 0.697. The van der Waals surface area contributed by atoms with Gasteiger partial charge >= 0.3 is 0 Å². The van der Waals surface area contributed by atoms with Crippen molar-refractivity contribution in [3.8, 4) is 0 Å². The Bertz CT molecular complexity index is 338. The first-order valence-corrected chi connectivity index (χ1v) is 4.96. The van der Waals surface area contributed by atoms with Crippen LogP contribution < -0.4 is 0 Å². The van der Waals surface area contributed by atoms with E-state index in [4.69, 9.17) is 23.2 Å². The number of halogens is 2. The lowest BCUT2D eigenvalue weighted by Crippen LogP contribution is -2.02. The third kappa shape index (κ3) is 2.86. The van der Waals surface area contributed by atoms with Gasteiger partial charge in [-0.1, -0.05) is 35.3 Å². The predicted octanol–water partition coefficient (Wildman–Crippen LogP) is 3.68. The lowest BCUT2D eigenvalue weighted by molar-refractivity contribution is -0.117. The topological polar surface area (TPSA) is 17.1 Å². The van der Waals surface area contributed by atoms with Gasteiger partial charge in [0.05, 0.1) is 0 Å². The molecule has 0 atom stereocenters. The summed E-state index contributed by atoms with van der Waals surface area (Å²) in [7, 11) is 0. The maximum absolute atomic E-state index is 11.3. The molecule has 1 aromatic rings. The summed E-state index contributed by atoms with van der Waals surface area (Å²) in [4.78, 5) is 11.3. The Labute approximate surface area is 93.3 Å². The molecule has 0 N–H and O–H groups in total. The van der Waals surface area contributed by atoms with Crippen molar-refractivity contribution in [2.75, 3.05) is 0 Å². The van der Waals surface area contributed by atoms with Crippen molar-refractivity contribution in [2.45, 2.75) is 12.8 Å². The van der Waals surface area contributed by atoms with Gasteiger partial charge in [0.25, 0.3) is 0 Å². The Balaban J connectivity index is 2.85. The van der Waals surface area contributed by atoms with Crippen molar-refractivity contribution in [3.05, 3.63) is 46.5 Å². The number of ketones is 1. The van der Waals surface area contributed by atoms with Gasteiger partial charge in [0, 0.05) is 22.9 Å². The molecule has 0 saturated heterocycles. The van der Waals surface area contributed by atoms with E-state index in [-0.39, 0.29) is 12.2 Å². The van der Waals surface area contributed by atoms with E-state index in [9.17, 15) is 4.79 Å². The SMILES string of the molecule is C=CCC(=O)Cc1c(Cl)cccc1Cl. The Morgan fingerprint density at radius 2 is 1.93 bits per heavy atom. The Kier molecular flexibility index (Phi) is 4.18. The average molecular weight is 229 g/mol. The lowest BCUT2D eigenvalue weighted by Gasteiger charge is -2.04. The van der Waals surface area contributed by atoms with Crippen molar-refractivity contribution < 1.29 is 4.79 Å². The standard InChI is InChI=1S/C11H10Cl2O/c1-2-4-8(14)7-9-10(12)5-3-6-11(9)13/h2-3,5-6H,1,4,7H2. The van der Waals surface area contributed by atoms with Crippen LogP contribution in [-0.4, -0.2) is 5.78 Å². The third-order valence-corrected chi connectivity index (χ3v) is 2.52. The molecule has 0 fully saturated rings. The second-order valence-corrected chi connectivity index (χ2v) is 3.72. The molecule has 0 bridgehead atoms. The molecule has 0 aliphatic carbocycles. The van der Waals surface area contributed by atoms with Gasteiger partial charge in [0.1, 0.15) is 5.78 Å². The molecule has 0 heterocycles. The summed E-state index contributed by atoms with van der Waals surface area (Å²) in [6, 6.07) is 5.21. The summed E-state index contributed by atoms with van der Waals surface area (Å²) < 4.78 is 0. The zero-order valence-corrected chi connectivity index (χ0v) is 9.11. The van der Waals surface area contributed by atoms with Crippen LogP contribution >= 0.6 is 23.2 Å². The first-order valence-electron chi connectivity index (χ1n) is 4.20. The number of hydrogen-bond donors (Lipinski definition) is 0. The van der Waals surface area contributed by atoms with Crippen LogP contribution in [0.5, 0.6) is 0 Å². The largest absolute Gasteiger partial charge is 0.299 e. The molecule has 0 spiro atoms. The highest BCUT2D eigenvalue weighted by Gasteiger charge is 2.09. The van der Waals surface area contributed by atoms with Gasteiger partial charge in [0.15, 0.2) is 0 Å². The van der Waals surface area contributed by atoms with E-state index < -0.39 is 0 Å².